The number of para-hydroxylation sites is 2. The van der Waals surface area contributed by atoms with Gasteiger partial charge in [-0.1, -0.05) is 12.1 Å². The van der Waals surface area contributed by atoms with E-state index < -0.39 is 6.03 Å². The number of anilines is 2. The second-order valence-corrected chi connectivity index (χ2v) is 5.58. The fourth-order valence-corrected chi connectivity index (χ4v) is 2.46. The number of carbonyl (C=O) groups is 1. The molecule has 23 heavy (non-hydrogen) atoms. The minimum Gasteiger partial charge on any atom is -0.495 e. The lowest BCUT2D eigenvalue weighted by atomic mass is 10.3. The van der Waals surface area contributed by atoms with Crippen molar-refractivity contribution >= 4 is 39.7 Å². The molecule has 0 aliphatic heterocycles. The zero-order valence-corrected chi connectivity index (χ0v) is 14.5. The number of hydrazone groups is 1. The molecule has 8 heteroatoms. The van der Waals surface area contributed by atoms with Crippen molar-refractivity contribution in [1.82, 2.24) is 5.43 Å². The quantitative estimate of drug-likeness (QED) is 0.616. The highest BCUT2D eigenvalue weighted by Crippen LogP contribution is 2.27. The van der Waals surface area contributed by atoms with Crippen LogP contribution in [0.4, 0.5) is 16.4 Å². The van der Waals surface area contributed by atoms with Crippen molar-refractivity contribution in [3.63, 3.8) is 0 Å². The Morgan fingerprint density at radius 1 is 1.39 bits per heavy atom. The second-order valence-electron chi connectivity index (χ2n) is 4.72. The number of carbonyl (C=O) groups excluding carboxylic acids is 1. The van der Waals surface area contributed by atoms with Crippen LogP contribution < -0.4 is 20.4 Å². The van der Waals surface area contributed by atoms with Gasteiger partial charge in [0.1, 0.15) is 5.75 Å². The summed E-state index contributed by atoms with van der Waals surface area (Å²) in [5.74, 6) is 1.75. The van der Waals surface area contributed by atoms with Crippen LogP contribution in [0.1, 0.15) is 5.76 Å². The van der Waals surface area contributed by atoms with Gasteiger partial charge in [-0.25, -0.2) is 10.2 Å². The van der Waals surface area contributed by atoms with Gasteiger partial charge >= 0.3 is 6.03 Å². The van der Waals surface area contributed by atoms with Crippen molar-refractivity contribution < 1.29 is 13.9 Å². The van der Waals surface area contributed by atoms with E-state index in [-0.39, 0.29) is 0 Å². The molecule has 0 fully saturated rings. The van der Waals surface area contributed by atoms with Crippen molar-refractivity contribution in [3.05, 3.63) is 40.6 Å². The third-order valence-corrected chi connectivity index (χ3v) is 3.38. The molecule has 2 amide bonds. The molecule has 0 aliphatic rings. The van der Waals surface area contributed by atoms with E-state index in [0.717, 1.165) is 4.47 Å². The van der Waals surface area contributed by atoms with E-state index in [0.29, 0.717) is 23.1 Å². The molecule has 122 valence electrons. The predicted octanol–water partition coefficient (Wildman–Crippen LogP) is 3.27. The monoisotopic (exact) mass is 380 g/mol. The first-order valence-electron chi connectivity index (χ1n) is 6.71. The normalized spacial score (nSPS) is 10.6. The molecule has 1 aromatic heterocycles. The summed E-state index contributed by atoms with van der Waals surface area (Å²) < 4.78 is 11.5. The highest BCUT2D eigenvalue weighted by Gasteiger charge is 2.09. The Labute approximate surface area is 142 Å². The number of hydrogen-bond donors (Lipinski definition) is 2. The number of halogens is 1. The number of furan rings is 1. The first-order chi connectivity index (χ1) is 11.0. The molecule has 2 rings (SSSR count). The SMILES string of the molecule is COc1ccccc1NC(=O)N/N=C/c1cc(Br)c(N(C)C)o1. The predicted molar refractivity (Wildman–Crippen MR) is 93.5 cm³/mol. The maximum absolute atomic E-state index is 11.8. The highest BCUT2D eigenvalue weighted by atomic mass is 79.9. The van der Waals surface area contributed by atoms with Gasteiger partial charge in [-0.3, -0.25) is 0 Å². The molecule has 1 aromatic carbocycles. The highest BCUT2D eigenvalue weighted by molar-refractivity contribution is 9.10. The van der Waals surface area contributed by atoms with E-state index in [2.05, 4.69) is 31.8 Å². The maximum Gasteiger partial charge on any atom is 0.339 e. The average Bonchev–Trinajstić information content (AvgIpc) is 2.89. The van der Waals surface area contributed by atoms with E-state index in [1.165, 1.54) is 13.3 Å². The molecule has 0 bridgehead atoms. The lowest BCUT2D eigenvalue weighted by Gasteiger charge is -2.08. The Morgan fingerprint density at radius 2 is 2.13 bits per heavy atom. The minimum atomic E-state index is -0.482. The summed E-state index contributed by atoms with van der Waals surface area (Å²) in [5, 5.41) is 6.49. The molecule has 1 heterocycles. The van der Waals surface area contributed by atoms with Crippen LogP contribution >= 0.6 is 15.9 Å². The largest absolute Gasteiger partial charge is 0.495 e. The molecule has 0 atom stereocenters. The van der Waals surface area contributed by atoms with E-state index >= 15 is 0 Å². The summed E-state index contributed by atoms with van der Waals surface area (Å²) >= 11 is 3.39. The molecular formula is C15H17BrN4O3. The van der Waals surface area contributed by atoms with Crippen molar-refractivity contribution in [2.75, 3.05) is 31.4 Å². The van der Waals surface area contributed by atoms with Gasteiger partial charge in [0.05, 0.1) is 23.5 Å². The molecule has 7 nitrogen and oxygen atoms in total. The number of benzene rings is 1. The van der Waals surface area contributed by atoms with Crippen molar-refractivity contribution in [3.8, 4) is 5.75 Å². The van der Waals surface area contributed by atoms with Crippen LogP contribution in [-0.2, 0) is 0 Å². The van der Waals surface area contributed by atoms with Crippen LogP contribution in [-0.4, -0.2) is 33.5 Å². The Bertz CT molecular complexity index is 712. The Balaban J connectivity index is 1.95. The van der Waals surface area contributed by atoms with Crippen LogP contribution in [0, 0.1) is 0 Å². The van der Waals surface area contributed by atoms with Gasteiger partial charge in [0.15, 0.2) is 5.76 Å². The Kier molecular flexibility index (Phi) is 5.64. The summed E-state index contributed by atoms with van der Waals surface area (Å²) in [7, 11) is 5.26. The first kappa shape index (κ1) is 16.9. The lowest BCUT2D eigenvalue weighted by Crippen LogP contribution is -2.24. The smallest absolute Gasteiger partial charge is 0.339 e. The number of amides is 2. The third-order valence-electron chi connectivity index (χ3n) is 2.81. The van der Waals surface area contributed by atoms with Crippen LogP contribution in [0.2, 0.25) is 0 Å². The Morgan fingerprint density at radius 3 is 2.78 bits per heavy atom. The zero-order valence-electron chi connectivity index (χ0n) is 13.0. The standard InChI is InChI=1S/C15H17BrN4O3/c1-20(2)14-11(16)8-10(23-14)9-17-19-15(21)18-12-6-4-5-7-13(12)22-3/h4-9H,1-3H3,(H2,18,19,21)/b17-9+. The summed E-state index contributed by atoms with van der Waals surface area (Å²) in [6.07, 6.45) is 1.42. The van der Waals surface area contributed by atoms with Gasteiger partial charge in [0.2, 0.25) is 5.88 Å². The first-order valence-corrected chi connectivity index (χ1v) is 7.50. The van der Waals surface area contributed by atoms with Gasteiger partial charge in [-0.2, -0.15) is 5.10 Å². The number of methoxy groups -OCH3 is 1. The lowest BCUT2D eigenvalue weighted by molar-refractivity contribution is 0.252. The summed E-state index contributed by atoms with van der Waals surface area (Å²) in [4.78, 5) is 13.6. The molecule has 0 aliphatic carbocycles. The Hall–Kier alpha value is -2.48. The van der Waals surface area contributed by atoms with Crippen LogP contribution in [0.25, 0.3) is 0 Å². The van der Waals surface area contributed by atoms with E-state index in [1.807, 2.05) is 25.1 Å². The van der Waals surface area contributed by atoms with Gasteiger partial charge in [-0.05, 0) is 28.1 Å². The zero-order chi connectivity index (χ0) is 16.8. The summed E-state index contributed by atoms with van der Waals surface area (Å²) in [6, 6.07) is 8.38. The number of ether oxygens (including phenoxy) is 1. The number of hydrogen-bond acceptors (Lipinski definition) is 5. The molecule has 0 saturated heterocycles. The third kappa shape index (κ3) is 4.49. The van der Waals surface area contributed by atoms with E-state index in [4.69, 9.17) is 9.15 Å². The van der Waals surface area contributed by atoms with Gasteiger partial charge in [-0.15, -0.1) is 0 Å². The topological polar surface area (TPSA) is 79.1 Å². The van der Waals surface area contributed by atoms with Crippen LogP contribution in [0.5, 0.6) is 5.75 Å². The molecule has 2 aromatic rings. The second kappa shape index (κ2) is 7.68. The van der Waals surface area contributed by atoms with Gasteiger partial charge < -0.3 is 19.4 Å². The number of nitrogens with one attached hydrogen (secondary N) is 2. The summed E-state index contributed by atoms with van der Waals surface area (Å²) in [5.41, 5.74) is 2.92. The summed E-state index contributed by atoms with van der Waals surface area (Å²) in [6.45, 7) is 0. The molecule has 2 N–H and O–H groups in total. The molecule has 0 radical (unpaired) electrons. The minimum absolute atomic E-state index is 0.482. The molecular weight excluding hydrogens is 364 g/mol. The van der Waals surface area contributed by atoms with E-state index in [9.17, 15) is 4.79 Å². The van der Waals surface area contributed by atoms with E-state index in [1.54, 1.807) is 24.3 Å². The number of urea groups is 1. The maximum atomic E-state index is 11.8. The fraction of sp³-hybridized carbons (Fsp3) is 0.200. The van der Waals surface area contributed by atoms with Crippen LogP contribution in [0.3, 0.4) is 0 Å². The van der Waals surface area contributed by atoms with Crippen molar-refractivity contribution in [2.24, 2.45) is 5.10 Å². The fourth-order valence-electron chi connectivity index (χ4n) is 1.80. The van der Waals surface area contributed by atoms with Crippen molar-refractivity contribution in [2.45, 2.75) is 0 Å². The van der Waals surface area contributed by atoms with Gasteiger partial charge in [0, 0.05) is 20.2 Å². The molecule has 0 unspecified atom stereocenters. The molecule has 0 spiro atoms. The number of rotatable bonds is 5. The molecule has 0 saturated carbocycles. The van der Waals surface area contributed by atoms with Crippen LogP contribution in [0.15, 0.2) is 44.3 Å². The average molecular weight is 381 g/mol. The van der Waals surface area contributed by atoms with Gasteiger partial charge in [0.25, 0.3) is 0 Å². The number of nitrogens with zero attached hydrogens (tertiary/aromatic N) is 2. The van der Waals surface area contributed by atoms with Crippen molar-refractivity contribution in [1.29, 1.82) is 0 Å².